The zero-order chi connectivity index (χ0) is 17.3. The highest BCUT2D eigenvalue weighted by Gasteiger charge is 2.39. The second-order valence-electron chi connectivity index (χ2n) is 8.37. The lowest BCUT2D eigenvalue weighted by atomic mass is 9.94. The van der Waals surface area contributed by atoms with Crippen LogP contribution in [0.15, 0.2) is 24.3 Å². The van der Waals surface area contributed by atoms with Gasteiger partial charge in [-0.25, -0.2) is 0 Å². The number of hydrogen-bond donors (Lipinski definition) is 0. The first-order chi connectivity index (χ1) is 10.6. The van der Waals surface area contributed by atoms with Crippen LogP contribution in [-0.2, 0) is 4.43 Å². The van der Waals surface area contributed by atoms with Gasteiger partial charge in [-0.05, 0) is 49.0 Å². The third-order valence-corrected chi connectivity index (χ3v) is 9.80. The number of nitrogens with zero attached hydrogens (tertiary/aromatic N) is 1. The molecule has 0 N–H and O–H groups in total. The SMILES string of the molecule is CN(C)c1cccc2c1C=CCCCC2O[Si](C)(C)C(C)(C)C. The monoisotopic (exact) mass is 331 g/mol. The molecule has 3 heteroatoms. The minimum atomic E-state index is -1.78. The normalized spacial score (nSPS) is 19.0. The van der Waals surface area contributed by atoms with Crippen molar-refractivity contribution in [2.24, 2.45) is 0 Å². The van der Waals surface area contributed by atoms with Crippen molar-refractivity contribution in [3.05, 3.63) is 35.4 Å². The average molecular weight is 332 g/mol. The van der Waals surface area contributed by atoms with E-state index in [4.69, 9.17) is 4.43 Å². The maximum absolute atomic E-state index is 6.83. The minimum absolute atomic E-state index is 0.218. The zero-order valence-corrected chi connectivity index (χ0v) is 16.9. The van der Waals surface area contributed by atoms with Crippen LogP contribution >= 0.6 is 0 Å². The summed E-state index contributed by atoms with van der Waals surface area (Å²) in [6, 6.07) is 6.63. The van der Waals surface area contributed by atoms with Crippen molar-refractivity contribution in [1.82, 2.24) is 0 Å². The molecule has 0 saturated heterocycles. The Morgan fingerprint density at radius 1 is 1.17 bits per heavy atom. The Kier molecular flexibility index (Phi) is 5.42. The molecule has 1 atom stereocenters. The van der Waals surface area contributed by atoms with Gasteiger partial charge in [-0.1, -0.05) is 45.1 Å². The minimum Gasteiger partial charge on any atom is -0.410 e. The van der Waals surface area contributed by atoms with E-state index in [1.807, 2.05) is 0 Å². The van der Waals surface area contributed by atoms with Crippen molar-refractivity contribution in [2.75, 3.05) is 19.0 Å². The Hall–Kier alpha value is -1.06. The van der Waals surface area contributed by atoms with Crippen molar-refractivity contribution in [3.63, 3.8) is 0 Å². The van der Waals surface area contributed by atoms with Crippen LogP contribution in [0, 0.1) is 0 Å². The van der Waals surface area contributed by atoms with Crippen LogP contribution in [-0.4, -0.2) is 22.4 Å². The van der Waals surface area contributed by atoms with Crippen LogP contribution in [0.1, 0.15) is 57.3 Å². The Morgan fingerprint density at radius 2 is 1.87 bits per heavy atom. The number of rotatable bonds is 3. The van der Waals surface area contributed by atoms with Gasteiger partial charge in [0.15, 0.2) is 8.32 Å². The van der Waals surface area contributed by atoms with Gasteiger partial charge >= 0.3 is 0 Å². The van der Waals surface area contributed by atoms with Crippen LogP contribution < -0.4 is 4.90 Å². The summed E-state index contributed by atoms with van der Waals surface area (Å²) < 4.78 is 6.83. The van der Waals surface area contributed by atoms with Crippen molar-refractivity contribution in [3.8, 4) is 0 Å². The van der Waals surface area contributed by atoms with Gasteiger partial charge < -0.3 is 9.33 Å². The molecular weight excluding hydrogens is 298 g/mol. The van der Waals surface area contributed by atoms with Gasteiger partial charge in [0.1, 0.15) is 0 Å². The first-order valence-corrected chi connectivity index (χ1v) is 11.7. The largest absolute Gasteiger partial charge is 0.410 e. The molecule has 2 rings (SSSR count). The first kappa shape index (κ1) is 18.3. The average Bonchev–Trinajstić information content (AvgIpc) is 2.41. The molecule has 0 fully saturated rings. The van der Waals surface area contributed by atoms with Crippen molar-refractivity contribution >= 4 is 20.1 Å². The van der Waals surface area contributed by atoms with Gasteiger partial charge in [0.2, 0.25) is 0 Å². The van der Waals surface area contributed by atoms with Gasteiger partial charge in [0.05, 0.1) is 6.10 Å². The van der Waals surface area contributed by atoms with Gasteiger partial charge in [-0.2, -0.15) is 0 Å². The lowest BCUT2D eigenvalue weighted by Crippen LogP contribution is -2.42. The molecule has 0 saturated carbocycles. The van der Waals surface area contributed by atoms with E-state index in [-0.39, 0.29) is 11.1 Å². The molecule has 0 amide bonds. The summed E-state index contributed by atoms with van der Waals surface area (Å²) in [4.78, 5) is 2.20. The second-order valence-corrected chi connectivity index (χ2v) is 13.1. The van der Waals surface area contributed by atoms with Crippen LogP contribution in [0.4, 0.5) is 5.69 Å². The Labute approximate surface area is 143 Å². The summed E-state index contributed by atoms with van der Waals surface area (Å²) in [5.74, 6) is 0. The summed E-state index contributed by atoms with van der Waals surface area (Å²) in [5.41, 5.74) is 3.97. The summed E-state index contributed by atoms with van der Waals surface area (Å²) in [6.07, 6.45) is 8.27. The summed E-state index contributed by atoms with van der Waals surface area (Å²) >= 11 is 0. The fraction of sp³-hybridized carbons (Fsp3) is 0.600. The van der Waals surface area contributed by atoms with E-state index in [1.165, 1.54) is 23.2 Å². The molecule has 128 valence electrons. The summed E-state index contributed by atoms with van der Waals surface area (Å²) in [6.45, 7) is 11.7. The smallest absolute Gasteiger partial charge is 0.192 e. The van der Waals surface area contributed by atoms with E-state index >= 15 is 0 Å². The Morgan fingerprint density at radius 3 is 2.48 bits per heavy atom. The molecule has 0 aliphatic heterocycles. The summed E-state index contributed by atoms with van der Waals surface area (Å²) in [7, 11) is 2.45. The number of anilines is 1. The molecule has 1 unspecified atom stereocenters. The quantitative estimate of drug-likeness (QED) is 0.629. The molecule has 23 heavy (non-hydrogen) atoms. The third-order valence-electron chi connectivity index (χ3n) is 5.31. The number of allylic oxidation sites excluding steroid dienone is 1. The van der Waals surface area contributed by atoms with Crippen LogP contribution in [0.25, 0.3) is 6.08 Å². The molecular formula is C20H33NOSi. The van der Waals surface area contributed by atoms with E-state index in [9.17, 15) is 0 Å². The van der Waals surface area contributed by atoms with E-state index in [0.717, 1.165) is 12.8 Å². The van der Waals surface area contributed by atoms with Gasteiger partial charge in [-0.3, -0.25) is 0 Å². The molecule has 2 nitrogen and oxygen atoms in total. The Balaban J connectivity index is 2.45. The topological polar surface area (TPSA) is 12.5 Å². The molecule has 1 aromatic carbocycles. The van der Waals surface area contributed by atoms with E-state index in [2.05, 4.69) is 83.2 Å². The molecule has 0 bridgehead atoms. The van der Waals surface area contributed by atoms with Gasteiger partial charge in [-0.15, -0.1) is 0 Å². The fourth-order valence-electron chi connectivity index (χ4n) is 2.86. The summed E-state index contributed by atoms with van der Waals surface area (Å²) in [5, 5.41) is 0.241. The molecule has 1 aliphatic carbocycles. The van der Waals surface area contributed by atoms with Crippen molar-refractivity contribution in [2.45, 2.75) is 64.3 Å². The molecule has 0 aromatic heterocycles. The molecule has 0 spiro atoms. The fourth-order valence-corrected chi connectivity index (χ4v) is 4.16. The highest BCUT2D eigenvalue weighted by atomic mass is 28.4. The predicted molar refractivity (Wildman–Crippen MR) is 105 cm³/mol. The first-order valence-electron chi connectivity index (χ1n) is 8.78. The number of fused-ring (bicyclic) bond motifs is 1. The maximum atomic E-state index is 6.83. The van der Waals surface area contributed by atoms with Gasteiger partial charge in [0, 0.05) is 25.3 Å². The lowest BCUT2D eigenvalue weighted by Gasteiger charge is -2.40. The Bertz CT molecular complexity index is 569. The third kappa shape index (κ3) is 4.07. The lowest BCUT2D eigenvalue weighted by molar-refractivity contribution is 0.170. The van der Waals surface area contributed by atoms with Gasteiger partial charge in [0.25, 0.3) is 0 Å². The molecule has 1 aromatic rings. The predicted octanol–water partition coefficient (Wildman–Crippen LogP) is 6.01. The standard InChI is InChI=1S/C20H33NOSi/c1-20(2,3)23(6,7)22-19-15-10-8-9-12-16-17(19)13-11-14-18(16)21(4)5/h9,11-14,19H,8,10,15H2,1-7H3. The maximum Gasteiger partial charge on any atom is 0.192 e. The highest BCUT2D eigenvalue weighted by Crippen LogP contribution is 2.43. The van der Waals surface area contributed by atoms with Crippen molar-refractivity contribution in [1.29, 1.82) is 0 Å². The molecule has 0 heterocycles. The molecule has 1 aliphatic rings. The number of benzene rings is 1. The van der Waals surface area contributed by atoms with E-state index in [0.29, 0.717) is 0 Å². The van der Waals surface area contributed by atoms with Crippen LogP contribution in [0.3, 0.4) is 0 Å². The molecule has 0 radical (unpaired) electrons. The second kappa shape index (κ2) is 6.82. The number of hydrogen-bond acceptors (Lipinski definition) is 2. The highest BCUT2D eigenvalue weighted by molar-refractivity contribution is 6.74. The van der Waals surface area contributed by atoms with E-state index in [1.54, 1.807) is 0 Å². The van der Waals surface area contributed by atoms with E-state index < -0.39 is 8.32 Å². The zero-order valence-electron chi connectivity index (χ0n) is 15.9. The van der Waals surface area contributed by atoms with Crippen molar-refractivity contribution < 1.29 is 4.43 Å². The van der Waals surface area contributed by atoms with Crippen LogP contribution in [0.2, 0.25) is 18.1 Å². The van der Waals surface area contributed by atoms with Crippen LogP contribution in [0.5, 0.6) is 0 Å².